The largest absolute Gasteiger partial charge is 0.352 e. The van der Waals surface area contributed by atoms with Crippen molar-refractivity contribution in [1.82, 2.24) is 10.2 Å². The standard InChI is InChI=1S/C35H36FN3O4S/c36-31-22-12-13-23-32(31)39(44(42,43)30-20-8-3-9-21-30)26-34(40)38(25-28-16-6-2-7-17-28)33(24-27-14-4-1-5-15-27)35(41)37-29-18-10-11-19-29/h1-9,12-17,20-23,29,33H,10-11,18-19,24-26H2,(H,37,41)/t33-/m0/s1. The van der Waals surface area contributed by atoms with Gasteiger partial charge in [0.1, 0.15) is 18.4 Å². The third-order valence-electron chi connectivity index (χ3n) is 7.90. The lowest BCUT2D eigenvalue weighted by atomic mass is 10.0. The van der Waals surface area contributed by atoms with Crippen LogP contribution in [0.4, 0.5) is 10.1 Å². The van der Waals surface area contributed by atoms with Gasteiger partial charge in [0.05, 0.1) is 10.6 Å². The third kappa shape index (κ3) is 7.52. The second-order valence-electron chi connectivity index (χ2n) is 11.0. The quantitative estimate of drug-likeness (QED) is 0.222. The number of benzene rings is 4. The predicted molar refractivity (Wildman–Crippen MR) is 169 cm³/mol. The Bertz CT molecular complexity index is 1650. The lowest BCUT2D eigenvalue weighted by molar-refractivity contribution is -0.140. The summed E-state index contributed by atoms with van der Waals surface area (Å²) in [7, 11) is -4.36. The van der Waals surface area contributed by atoms with Crippen LogP contribution in [0.15, 0.2) is 120 Å². The molecule has 44 heavy (non-hydrogen) atoms. The fourth-order valence-electron chi connectivity index (χ4n) is 5.59. The summed E-state index contributed by atoms with van der Waals surface area (Å²) in [5.41, 5.74) is 1.38. The zero-order chi connectivity index (χ0) is 30.9. The van der Waals surface area contributed by atoms with E-state index in [9.17, 15) is 18.0 Å². The zero-order valence-electron chi connectivity index (χ0n) is 24.4. The number of hydrogen-bond donors (Lipinski definition) is 1. The average Bonchev–Trinajstić information content (AvgIpc) is 3.56. The van der Waals surface area contributed by atoms with Crippen LogP contribution in [0.25, 0.3) is 0 Å². The van der Waals surface area contributed by atoms with Crippen molar-refractivity contribution >= 4 is 27.5 Å². The molecule has 0 spiro atoms. The number of carbonyl (C=O) groups is 2. The Morgan fingerprint density at radius 1 is 0.773 bits per heavy atom. The molecule has 1 N–H and O–H groups in total. The van der Waals surface area contributed by atoms with Gasteiger partial charge >= 0.3 is 0 Å². The molecule has 5 rings (SSSR count). The van der Waals surface area contributed by atoms with Crippen molar-refractivity contribution in [3.05, 3.63) is 132 Å². The number of halogens is 1. The SMILES string of the molecule is O=C(NC1CCCC1)[C@H](Cc1ccccc1)N(Cc1ccccc1)C(=O)CN(c1ccccc1F)S(=O)(=O)c1ccccc1. The smallest absolute Gasteiger partial charge is 0.264 e. The number of anilines is 1. The Labute approximate surface area is 258 Å². The lowest BCUT2D eigenvalue weighted by Crippen LogP contribution is -2.54. The second kappa shape index (κ2) is 14.3. The summed E-state index contributed by atoms with van der Waals surface area (Å²) in [4.78, 5) is 29.7. The zero-order valence-corrected chi connectivity index (χ0v) is 25.2. The monoisotopic (exact) mass is 613 g/mol. The second-order valence-corrected chi connectivity index (χ2v) is 12.8. The minimum absolute atomic E-state index is 0.0165. The van der Waals surface area contributed by atoms with Crippen molar-refractivity contribution in [1.29, 1.82) is 0 Å². The first-order valence-corrected chi connectivity index (χ1v) is 16.3. The van der Waals surface area contributed by atoms with Gasteiger partial charge in [-0.1, -0.05) is 104 Å². The van der Waals surface area contributed by atoms with Gasteiger partial charge in [-0.3, -0.25) is 13.9 Å². The number of nitrogens with zero attached hydrogens (tertiary/aromatic N) is 2. The van der Waals surface area contributed by atoms with Crippen LogP contribution in [0.3, 0.4) is 0 Å². The van der Waals surface area contributed by atoms with Gasteiger partial charge in [-0.05, 0) is 48.2 Å². The van der Waals surface area contributed by atoms with Crippen LogP contribution < -0.4 is 9.62 Å². The topological polar surface area (TPSA) is 86.8 Å². The van der Waals surface area contributed by atoms with Gasteiger partial charge in [-0.15, -0.1) is 0 Å². The fourth-order valence-corrected chi connectivity index (χ4v) is 7.03. The molecule has 1 aliphatic carbocycles. The normalized spacial score (nSPS) is 14.1. The van der Waals surface area contributed by atoms with Gasteiger partial charge < -0.3 is 10.2 Å². The summed E-state index contributed by atoms with van der Waals surface area (Å²) in [6.07, 6.45) is 4.01. The molecule has 0 saturated heterocycles. The summed E-state index contributed by atoms with van der Waals surface area (Å²) in [6.45, 7) is -0.640. The van der Waals surface area contributed by atoms with Crippen molar-refractivity contribution in [2.45, 2.75) is 55.6 Å². The van der Waals surface area contributed by atoms with Crippen LogP contribution in [0.1, 0.15) is 36.8 Å². The molecule has 0 aliphatic heterocycles. The lowest BCUT2D eigenvalue weighted by Gasteiger charge is -2.34. The van der Waals surface area contributed by atoms with E-state index in [0.29, 0.717) is 0 Å². The first-order valence-electron chi connectivity index (χ1n) is 14.8. The molecule has 228 valence electrons. The molecule has 0 aromatic heterocycles. The van der Waals surface area contributed by atoms with Crippen molar-refractivity contribution in [3.8, 4) is 0 Å². The van der Waals surface area contributed by atoms with E-state index in [4.69, 9.17) is 0 Å². The molecule has 4 aromatic carbocycles. The molecule has 0 unspecified atom stereocenters. The predicted octanol–water partition coefficient (Wildman–Crippen LogP) is 5.72. The van der Waals surface area contributed by atoms with Crippen LogP contribution in [0.2, 0.25) is 0 Å². The molecule has 2 amide bonds. The molecule has 7 nitrogen and oxygen atoms in total. The molecule has 1 saturated carbocycles. The Morgan fingerprint density at radius 2 is 1.32 bits per heavy atom. The van der Waals surface area contributed by atoms with Crippen molar-refractivity contribution in [3.63, 3.8) is 0 Å². The molecule has 1 aliphatic rings. The minimum Gasteiger partial charge on any atom is -0.352 e. The summed E-state index contributed by atoms with van der Waals surface area (Å²) in [5.74, 6) is -1.71. The van der Waals surface area contributed by atoms with Crippen LogP contribution in [-0.2, 0) is 32.6 Å². The van der Waals surface area contributed by atoms with Crippen molar-refractivity contribution < 1.29 is 22.4 Å². The number of amides is 2. The summed E-state index contributed by atoms with van der Waals surface area (Å²) < 4.78 is 43.9. The van der Waals surface area contributed by atoms with E-state index >= 15 is 4.39 Å². The number of para-hydroxylation sites is 1. The molecule has 1 fully saturated rings. The van der Waals surface area contributed by atoms with Gasteiger partial charge in [0.25, 0.3) is 10.0 Å². The summed E-state index contributed by atoms with van der Waals surface area (Å²) >= 11 is 0. The van der Waals surface area contributed by atoms with E-state index in [1.807, 2.05) is 60.7 Å². The van der Waals surface area contributed by atoms with E-state index in [2.05, 4.69) is 5.32 Å². The van der Waals surface area contributed by atoms with E-state index < -0.39 is 34.3 Å². The fraction of sp³-hybridized carbons (Fsp3) is 0.257. The first kappa shape index (κ1) is 30.9. The van der Waals surface area contributed by atoms with Crippen LogP contribution in [0, 0.1) is 5.82 Å². The molecule has 1 atom stereocenters. The molecular formula is C35H36FN3O4S. The third-order valence-corrected chi connectivity index (χ3v) is 9.67. The first-order chi connectivity index (χ1) is 21.3. The van der Waals surface area contributed by atoms with Crippen LogP contribution >= 0.6 is 0 Å². The number of hydrogen-bond acceptors (Lipinski definition) is 4. The van der Waals surface area contributed by atoms with Gasteiger partial charge in [0.15, 0.2) is 0 Å². The summed E-state index contributed by atoms with van der Waals surface area (Å²) in [6, 6.07) is 30.8. The van der Waals surface area contributed by atoms with Gasteiger partial charge in [0, 0.05) is 19.0 Å². The molecular weight excluding hydrogens is 577 g/mol. The Morgan fingerprint density at radius 3 is 1.93 bits per heavy atom. The molecule has 0 heterocycles. The summed E-state index contributed by atoms with van der Waals surface area (Å²) in [5, 5.41) is 3.15. The number of sulfonamides is 1. The number of nitrogens with one attached hydrogen (secondary N) is 1. The maximum Gasteiger partial charge on any atom is 0.264 e. The maximum absolute atomic E-state index is 15.2. The van der Waals surface area contributed by atoms with Crippen molar-refractivity contribution in [2.75, 3.05) is 10.8 Å². The molecule has 0 radical (unpaired) electrons. The minimum atomic E-state index is -4.36. The van der Waals surface area contributed by atoms with Crippen LogP contribution in [-0.4, -0.2) is 43.8 Å². The van der Waals surface area contributed by atoms with E-state index in [1.165, 1.54) is 35.2 Å². The molecule has 4 aromatic rings. The van der Waals surface area contributed by atoms with E-state index in [1.54, 1.807) is 18.2 Å². The molecule has 9 heteroatoms. The highest BCUT2D eigenvalue weighted by molar-refractivity contribution is 7.92. The highest BCUT2D eigenvalue weighted by Crippen LogP contribution is 2.27. The Balaban J connectivity index is 1.55. The number of carbonyl (C=O) groups excluding carboxylic acids is 2. The van der Waals surface area contributed by atoms with E-state index in [0.717, 1.165) is 47.2 Å². The van der Waals surface area contributed by atoms with Gasteiger partial charge in [-0.25, -0.2) is 12.8 Å². The van der Waals surface area contributed by atoms with Crippen molar-refractivity contribution in [2.24, 2.45) is 0 Å². The van der Waals surface area contributed by atoms with E-state index in [-0.39, 0.29) is 35.5 Å². The maximum atomic E-state index is 15.2. The highest BCUT2D eigenvalue weighted by Gasteiger charge is 2.36. The van der Waals surface area contributed by atoms with Crippen LogP contribution in [0.5, 0.6) is 0 Å². The Hall–Kier alpha value is -4.50. The van der Waals surface area contributed by atoms with Gasteiger partial charge in [0.2, 0.25) is 11.8 Å². The average molecular weight is 614 g/mol. The molecule has 0 bridgehead atoms. The highest BCUT2D eigenvalue weighted by atomic mass is 32.2. The Kier molecular flexibility index (Phi) is 10.1. The number of rotatable bonds is 12. The van der Waals surface area contributed by atoms with Gasteiger partial charge in [-0.2, -0.15) is 0 Å².